The lowest BCUT2D eigenvalue weighted by atomic mass is 10.1. The Kier molecular flexibility index (Phi) is 7.05. The zero-order valence-electron chi connectivity index (χ0n) is 13.8. The number of hydrogen-bond donors (Lipinski definition) is 1. The van der Waals surface area contributed by atoms with E-state index in [1.807, 2.05) is 6.92 Å². The van der Waals surface area contributed by atoms with Crippen LogP contribution in [0.5, 0.6) is 0 Å². The van der Waals surface area contributed by atoms with Crippen molar-refractivity contribution in [2.75, 3.05) is 33.8 Å². The van der Waals surface area contributed by atoms with Crippen LogP contribution < -0.4 is 5.32 Å². The summed E-state index contributed by atoms with van der Waals surface area (Å²) in [7, 11) is 3.50. The fourth-order valence-corrected chi connectivity index (χ4v) is 2.32. The molecule has 1 aliphatic heterocycles. The van der Waals surface area contributed by atoms with E-state index in [0.29, 0.717) is 6.54 Å². The van der Waals surface area contributed by atoms with Crippen LogP contribution in [0.25, 0.3) is 0 Å². The number of nitrogens with zero attached hydrogens (tertiary/aromatic N) is 3. The maximum atomic E-state index is 11.5. The molecule has 0 spiro atoms. The number of nitrogens with one attached hydrogen (secondary N) is 1. The highest BCUT2D eigenvalue weighted by molar-refractivity contribution is 5.67. The molecule has 0 saturated carbocycles. The molecule has 0 aromatic heterocycles. The van der Waals surface area contributed by atoms with Gasteiger partial charge in [0.2, 0.25) is 0 Å². The molecule has 1 aliphatic rings. The van der Waals surface area contributed by atoms with Crippen LogP contribution in [0.1, 0.15) is 33.6 Å². The Morgan fingerprint density at radius 1 is 1.43 bits per heavy atom. The first-order valence-electron chi connectivity index (χ1n) is 7.54. The first-order valence-corrected chi connectivity index (χ1v) is 7.54. The Bertz CT molecular complexity index is 406. The summed E-state index contributed by atoms with van der Waals surface area (Å²) in [6.07, 6.45) is 3.50. The van der Waals surface area contributed by atoms with Crippen molar-refractivity contribution >= 4 is 12.4 Å². The standard InChI is InChI=1S/C15H28N4O2/c1-6-19(15(20)21-5)10-8-7-9-18(4)14-12(2)13(3)16-11-17-14/h11,13H,6-10H2,1-5H3,(H,16,17). The average molecular weight is 296 g/mol. The second-order valence-electron chi connectivity index (χ2n) is 5.31. The third-order valence-corrected chi connectivity index (χ3v) is 3.87. The van der Waals surface area contributed by atoms with Gasteiger partial charge in [-0.2, -0.15) is 0 Å². The molecule has 1 unspecified atom stereocenters. The molecule has 0 fully saturated rings. The smallest absolute Gasteiger partial charge is 0.409 e. The summed E-state index contributed by atoms with van der Waals surface area (Å²) in [6, 6.07) is 0.235. The number of aliphatic imine (C=N–C) groups is 1. The lowest BCUT2D eigenvalue weighted by molar-refractivity contribution is 0.124. The molecule has 0 aromatic rings. The van der Waals surface area contributed by atoms with Crippen molar-refractivity contribution in [3.63, 3.8) is 0 Å². The first kappa shape index (κ1) is 17.3. The molecular formula is C15H28N4O2. The van der Waals surface area contributed by atoms with Crippen LogP contribution in [0.15, 0.2) is 16.4 Å². The summed E-state index contributed by atoms with van der Waals surface area (Å²) in [5.74, 6) is 1.14. The molecule has 1 amide bonds. The van der Waals surface area contributed by atoms with Crippen molar-refractivity contribution in [3.05, 3.63) is 11.4 Å². The summed E-state index contributed by atoms with van der Waals surface area (Å²) in [5.41, 5.74) is 1.25. The lowest BCUT2D eigenvalue weighted by Gasteiger charge is -2.28. The molecule has 120 valence electrons. The summed E-state index contributed by atoms with van der Waals surface area (Å²) in [6.45, 7) is 8.53. The minimum absolute atomic E-state index is 0.235. The van der Waals surface area contributed by atoms with Gasteiger partial charge in [0, 0.05) is 26.7 Å². The lowest BCUT2D eigenvalue weighted by Crippen LogP contribution is -2.35. The number of unbranched alkanes of at least 4 members (excludes halogenated alkanes) is 1. The number of carbonyl (C=O) groups excluding carboxylic acids is 1. The van der Waals surface area contributed by atoms with Crippen LogP contribution >= 0.6 is 0 Å². The Morgan fingerprint density at radius 2 is 2.10 bits per heavy atom. The quantitative estimate of drug-likeness (QED) is 0.730. The number of methoxy groups -OCH3 is 1. The van der Waals surface area contributed by atoms with E-state index in [1.165, 1.54) is 12.7 Å². The van der Waals surface area contributed by atoms with Gasteiger partial charge in [-0.3, -0.25) is 4.99 Å². The first-order chi connectivity index (χ1) is 10.0. The van der Waals surface area contributed by atoms with Crippen LogP contribution in [-0.2, 0) is 4.74 Å². The zero-order valence-corrected chi connectivity index (χ0v) is 13.8. The Labute approximate surface area is 127 Å². The second kappa shape index (κ2) is 8.54. The predicted octanol–water partition coefficient (Wildman–Crippen LogP) is 2.04. The SMILES string of the molecule is CCN(CCCCN(C)C1=C(C)C(C)N=CN1)C(=O)OC. The summed E-state index contributed by atoms with van der Waals surface area (Å²) in [4.78, 5) is 19.7. The summed E-state index contributed by atoms with van der Waals surface area (Å²) in [5, 5.41) is 3.22. The molecule has 0 saturated heterocycles. The molecule has 0 bridgehead atoms. The van der Waals surface area contributed by atoms with Gasteiger partial charge in [0.05, 0.1) is 19.5 Å². The molecule has 0 aromatic carbocycles. The van der Waals surface area contributed by atoms with Crippen molar-refractivity contribution in [1.82, 2.24) is 15.1 Å². The van der Waals surface area contributed by atoms with Crippen LogP contribution in [0.2, 0.25) is 0 Å². The van der Waals surface area contributed by atoms with E-state index in [0.717, 1.165) is 31.8 Å². The van der Waals surface area contributed by atoms with Gasteiger partial charge in [0.1, 0.15) is 5.82 Å². The number of amides is 1. The topological polar surface area (TPSA) is 57.2 Å². The maximum Gasteiger partial charge on any atom is 0.409 e. The van der Waals surface area contributed by atoms with Crippen molar-refractivity contribution in [3.8, 4) is 0 Å². The summed E-state index contributed by atoms with van der Waals surface area (Å²) >= 11 is 0. The van der Waals surface area contributed by atoms with E-state index >= 15 is 0 Å². The fraction of sp³-hybridized carbons (Fsp3) is 0.733. The van der Waals surface area contributed by atoms with Crippen LogP contribution in [0.3, 0.4) is 0 Å². The van der Waals surface area contributed by atoms with Gasteiger partial charge in [0.25, 0.3) is 0 Å². The van der Waals surface area contributed by atoms with Gasteiger partial charge in [-0.05, 0) is 39.2 Å². The molecule has 1 rings (SSSR count). The van der Waals surface area contributed by atoms with E-state index in [4.69, 9.17) is 4.74 Å². The van der Waals surface area contributed by atoms with Gasteiger partial charge in [0.15, 0.2) is 0 Å². The summed E-state index contributed by atoms with van der Waals surface area (Å²) < 4.78 is 4.75. The molecule has 0 aliphatic carbocycles. The fourth-order valence-electron chi connectivity index (χ4n) is 2.32. The normalized spacial score (nSPS) is 17.5. The molecule has 6 nitrogen and oxygen atoms in total. The van der Waals surface area contributed by atoms with Crippen molar-refractivity contribution < 1.29 is 9.53 Å². The van der Waals surface area contributed by atoms with Crippen LogP contribution in [0, 0.1) is 0 Å². The van der Waals surface area contributed by atoms with Crippen molar-refractivity contribution in [2.24, 2.45) is 4.99 Å². The van der Waals surface area contributed by atoms with Gasteiger partial charge >= 0.3 is 6.09 Å². The maximum absolute atomic E-state index is 11.5. The average Bonchev–Trinajstić information content (AvgIpc) is 2.49. The molecular weight excluding hydrogens is 268 g/mol. The third kappa shape index (κ3) is 4.95. The van der Waals surface area contributed by atoms with E-state index in [2.05, 4.69) is 36.1 Å². The predicted molar refractivity (Wildman–Crippen MR) is 85.3 cm³/mol. The third-order valence-electron chi connectivity index (χ3n) is 3.87. The highest BCUT2D eigenvalue weighted by Crippen LogP contribution is 2.15. The van der Waals surface area contributed by atoms with Crippen LogP contribution in [0.4, 0.5) is 4.79 Å². The molecule has 21 heavy (non-hydrogen) atoms. The Balaban J connectivity index is 2.35. The Hall–Kier alpha value is -1.72. The molecule has 1 atom stereocenters. The van der Waals surface area contributed by atoms with Crippen molar-refractivity contribution in [1.29, 1.82) is 0 Å². The van der Waals surface area contributed by atoms with Gasteiger partial charge in [-0.1, -0.05) is 0 Å². The second-order valence-corrected chi connectivity index (χ2v) is 5.31. The number of carbonyl (C=O) groups is 1. The molecule has 0 radical (unpaired) electrons. The van der Waals surface area contributed by atoms with Gasteiger partial charge < -0.3 is 19.9 Å². The largest absolute Gasteiger partial charge is 0.453 e. The minimum atomic E-state index is -0.247. The molecule has 1 N–H and O–H groups in total. The molecule has 6 heteroatoms. The van der Waals surface area contributed by atoms with Crippen molar-refractivity contribution in [2.45, 2.75) is 39.7 Å². The van der Waals surface area contributed by atoms with Gasteiger partial charge in [-0.15, -0.1) is 0 Å². The van der Waals surface area contributed by atoms with E-state index in [1.54, 1.807) is 11.2 Å². The zero-order chi connectivity index (χ0) is 15.8. The van der Waals surface area contributed by atoms with Gasteiger partial charge in [-0.25, -0.2) is 4.79 Å². The Morgan fingerprint density at radius 3 is 2.71 bits per heavy atom. The molecule has 1 heterocycles. The van der Waals surface area contributed by atoms with E-state index in [9.17, 15) is 4.79 Å². The minimum Gasteiger partial charge on any atom is -0.453 e. The van der Waals surface area contributed by atoms with E-state index < -0.39 is 0 Å². The number of hydrogen-bond acceptors (Lipinski definition) is 5. The van der Waals surface area contributed by atoms with Crippen LogP contribution in [-0.4, -0.2) is 62.1 Å². The number of ether oxygens (including phenoxy) is 1. The highest BCUT2D eigenvalue weighted by Gasteiger charge is 2.16. The monoisotopic (exact) mass is 296 g/mol. The number of rotatable bonds is 7. The highest BCUT2D eigenvalue weighted by atomic mass is 16.5. The van der Waals surface area contributed by atoms with E-state index in [-0.39, 0.29) is 12.1 Å².